The highest BCUT2D eigenvalue weighted by Gasteiger charge is 2.22. The van der Waals surface area contributed by atoms with Crippen LogP contribution in [0.3, 0.4) is 0 Å². The number of hydrogen-bond acceptors (Lipinski definition) is 3. The maximum atomic E-state index is 4.25. The molecule has 0 spiro atoms. The van der Waals surface area contributed by atoms with Gasteiger partial charge >= 0.3 is 0 Å². The van der Waals surface area contributed by atoms with Gasteiger partial charge in [0, 0.05) is 12.6 Å². The first-order chi connectivity index (χ1) is 8.04. The summed E-state index contributed by atoms with van der Waals surface area (Å²) in [6.45, 7) is 0. The highest BCUT2D eigenvalue weighted by Crippen LogP contribution is 2.39. The molecule has 7 heteroatoms. The summed E-state index contributed by atoms with van der Waals surface area (Å²) >= 11 is 12.3. The summed E-state index contributed by atoms with van der Waals surface area (Å²) < 4.78 is 5.12. The summed E-state index contributed by atoms with van der Waals surface area (Å²) in [6.07, 6.45) is 1.81. The largest absolute Gasteiger partial charge is 0.308 e. The lowest BCUT2D eigenvalue weighted by Crippen LogP contribution is -2.20. The molecule has 0 saturated heterocycles. The van der Waals surface area contributed by atoms with Crippen molar-refractivity contribution in [2.24, 2.45) is 7.05 Å². The minimum Gasteiger partial charge on any atom is -0.308 e. The number of aryl methyl sites for hydroxylation is 1. The Bertz CT molecular complexity index is 515. The van der Waals surface area contributed by atoms with Crippen LogP contribution in [0.4, 0.5) is 0 Å². The highest BCUT2D eigenvalue weighted by molar-refractivity contribution is 9.12. The summed E-state index contributed by atoms with van der Waals surface area (Å²) in [5, 5.41) is 7.57. The van der Waals surface area contributed by atoms with Crippen molar-refractivity contribution in [2.45, 2.75) is 6.04 Å². The minimum atomic E-state index is 0.105. The van der Waals surface area contributed by atoms with Crippen LogP contribution in [0, 0.1) is 0 Å². The van der Waals surface area contributed by atoms with Crippen LogP contribution < -0.4 is 5.32 Å². The minimum absolute atomic E-state index is 0.105. The quantitative estimate of drug-likeness (QED) is 0.774. The smallest absolute Gasteiger partial charge is 0.0777 e. The Balaban J connectivity index is 2.51. The van der Waals surface area contributed by atoms with Crippen LogP contribution in [0.5, 0.6) is 0 Å². The Morgan fingerprint density at radius 2 is 2.12 bits per heavy atom. The van der Waals surface area contributed by atoms with Gasteiger partial charge in [0.15, 0.2) is 0 Å². The molecular weight excluding hydrogens is 434 g/mol. The molecule has 0 aliphatic heterocycles. The van der Waals surface area contributed by atoms with Gasteiger partial charge in [0.2, 0.25) is 0 Å². The molecular formula is C10H10Br3N3S. The summed E-state index contributed by atoms with van der Waals surface area (Å²) in [6, 6.07) is 2.23. The van der Waals surface area contributed by atoms with Crippen molar-refractivity contribution in [3.05, 3.63) is 35.6 Å². The summed E-state index contributed by atoms with van der Waals surface area (Å²) in [5.41, 5.74) is 2.31. The molecule has 0 radical (unpaired) electrons. The van der Waals surface area contributed by atoms with Gasteiger partial charge in [-0.05, 0) is 60.9 Å². The van der Waals surface area contributed by atoms with Crippen molar-refractivity contribution in [3.8, 4) is 0 Å². The fourth-order valence-corrected chi connectivity index (χ4v) is 5.21. The van der Waals surface area contributed by atoms with Crippen molar-refractivity contribution in [1.82, 2.24) is 15.1 Å². The zero-order valence-electron chi connectivity index (χ0n) is 9.17. The molecule has 0 saturated carbocycles. The molecule has 2 rings (SSSR count). The van der Waals surface area contributed by atoms with Gasteiger partial charge in [-0.2, -0.15) is 5.10 Å². The van der Waals surface area contributed by atoms with E-state index < -0.39 is 0 Å². The fraction of sp³-hybridized carbons (Fsp3) is 0.300. The normalized spacial score (nSPS) is 13.0. The molecule has 1 N–H and O–H groups in total. The van der Waals surface area contributed by atoms with Crippen molar-refractivity contribution in [1.29, 1.82) is 0 Å². The van der Waals surface area contributed by atoms with Crippen molar-refractivity contribution in [2.75, 3.05) is 7.05 Å². The average molecular weight is 444 g/mol. The third-order valence-electron chi connectivity index (χ3n) is 2.49. The second kappa shape index (κ2) is 5.52. The molecule has 0 bridgehead atoms. The number of halogens is 3. The zero-order chi connectivity index (χ0) is 12.6. The molecule has 2 aromatic heterocycles. The van der Waals surface area contributed by atoms with Gasteiger partial charge in [0.25, 0.3) is 0 Å². The fourth-order valence-electron chi connectivity index (χ4n) is 1.73. The van der Waals surface area contributed by atoms with Crippen LogP contribution in [0.15, 0.2) is 24.3 Å². The van der Waals surface area contributed by atoms with E-state index >= 15 is 0 Å². The number of hydrogen-bond donors (Lipinski definition) is 1. The van der Waals surface area contributed by atoms with E-state index in [0.717, 1.165) is 17.7 Å². The lowest BCUT2D eigenvalue weighted by atomic mass is 10.1. The van der Waals surface area contributed by atoms with E-state index in [0.29, 0.717) is 0 Å². The molecule has 1 atom stereocenters. The molecule has 0 aliphatic carbocycles. The summed E-state index contributed by atoms with van der Waals surface area (Å²) in [7, 11) is 3.89. The lowest BCUT2D eigenvalue weighted by Gasteiger charge is -2.17. The molecule has 17 heavy (non-hydrogen) atoms. The Labute approximate surface area is 129 Å². The van der Waals surface area contributed by atoms with E-state index in [1.54, 1.807) is 11.3 Å². The van der Waals surface area contributed by atoms with E-state index in [-0.39, 0.29) is 6.04 Å². The van der Waals surface area contributed by atoms with Gasteiger partial charge in [0.05, 0.1) is 30.0 Å². The molecule has 92 valence electrons. The first-order valence-electron chi connectivity index (χ1n) is 4.84. The Kier molecular flexibility index (Phi) is 4.46. The predicted octanol–water partition coefficient (Wildman–Crippen LogP) is 4.08. The van der Waals surface area contributed by atoms with Crippen LogP contribution in [0.2, 0.25) is 0 Å². The lowest BCUT2D eigenvalue weighted by molar-refractivity contribution is 0.604. The van der Waals surface area contributed by atoms with Gasteiger partial charge in [-0.15, -0.1) is 11.3 Å². The maximum absolute atomic E-state index is 4.25. The Morgan fingerprint density at radius 1 is 1.41 bits per heavy atom. The van der Waals surface area contributed by atoms with Crippen molar-refractivity contribution in [3.63, 3.8) is 0 Å². The monoisotopic (exact) mass is 441 g/mol. The van der Waals surface area contributed by atoms with Crippen LogP contribution in [-0.2, 0) is 7.05 Å². The third kappa shape index (κ3) is 2.68. The van der Waals surface area contributed by atoms with Gasteiger partial charge in [-0.3, -0.25) is 4.68 Å². The van der Waals surface area contributed by atoms with Crippen LogP contribution in [-0.4, -0.2) is 16.8 Å². The highest BCUT2D eigenvalue weighted by atomic mass is 79.9. The van der Waals surface area contributed by atoms with Gasteiger partial charge in [-0.1, -0.05) is 0 Å². The molecule has 1 unspecified atom stereocenters. The first kappa shape index (κ1) is 13.7. The van der Waals surface area contributed by atoms with E-state index in [1.807, 2.05) is 25.0 Å². The van der Waals surface area contributed by atoms with E-state index in [2.05, 4.69) is 64.3 Å². The second-order valence-corrected chi connectivity index (χ2v) is 8.11. The molecule has 0 aliphatic rings. The number of thiophene rings is 1. The summed E-state index contributed by atoms with van der Waals surface area (Å²) in [4.78, 5) is 0. The average Bonchev–Trinajstić information content (AvgIpc) is 2.76. The first-order valence-corrected chi connectivity index (χ1v) is 8.03. The third-order valence-corrected chi connectivity index (χ3v) is 5.49. The molecule has 0 fully saturated rings. The van der Waals surface area contributed by atoms with Gasteiger partial charge < -0.3 is 5.32 Å². The standard InChI is InChI=1S/C10H10Br3N3S/c1-14-8(5-3-7(12)17-10(5)13)9-6(11)4-15-16(9)2/h3-4,8,14H,1-2H3. The van der Waals surface area contributed by atoms with Crippen LogP contribution >= 0.6 is 59.1 Å². The van der Waals surface area contributed by atoms with Crippen molar-refractivity contribution >= 4 is 59.1 Å². The van der Waals surface area contributed by atoms with E-state index in [1.165, 1.54) is 5.56 Å². The number of nitrogens with one attached hydrogen (secondary N) is 1. The predicted molar refractivity (Wildman–Crippen MR) is 81.5 cm³/mol. The molecule has 3 nitrogen and oxygen atoms in total. The SMILES string of the molecule is CNC(c1cc(Br)sc1Br)c1c(Br)cnn1C. The van der Waals surface area contributed by atoms with Crippen LogP contribution in [0.1, 0.15) is 17.3 Å². The Morgan fingerprint density at radius 3 is 2.53 bits per heavy atom. The number of aromatic nitrogens is 2. The van der Waals surface area contributed by atoms with E-state index in [9.17, 15) is 0 Å². The molecule has 2 heterocycles. The maximum Gasteiger partial charge on any atom is 0.0777 e. The topological polar surface area (TPSA) is 29.9 Å². The molecule has 2 aromatic rings. The van der Waals surface area contributed by atoms with Gasteiger partial charge in [-0.25, -0.2) is 0 Å². The number of nitrogens with zero attached hydrogens (tertiary/aromatic N) is 2. The van der Waals surface area contributed by atoms with E-state index in [4.69, 9.17) is 0 Å². The summed E-state index contributed by atoms with van der Waals surface area (Å²) in [5.74, 6) is 0. The Hall–Kier alpha value is 0.310. The number of rotatable bonds is 3. The molecule has 0 amide bonds. The van der Waals surface area contributed by atoms with Gasteiger partial charge in [0.1, 0.15) is 0 Å². The molecule has 0 aromatic carbocycles. The van der Waals surface area contributed by atoms with Crippen molar-refractivity contribution < 1.29 is 0 Å². The van der Waals surface area contributed by atoms with Crippen LogP contribution in [0.25, 0.3) is 0 Å². The second-order valence-electron chi connectivity index (χ2n) is 3.50. The zero-order valence-corrected chi connectivity index (χ0v) is 14.7.